The molecule has 1 aromatic heterocycles. The maximum atomic E-state index is 13.3. The summed E-state index contributed by atoms with van der Waals surface area (Å²) in [5, 5.41) is 3.18. The molecule has 30 heavy (non-hydrogen) atoms. The molecule has 1 N–H and O–H groups in total. The van der Waals surface area contributed by atoms with Crippen molar-refractivity contribution in [3.63, 3.8) is 0 Å². The number of nitrogens with zero attached hydrogens (tertiary/aromatic N) is 2. The summed E-state index contributed by atoms with van der Waals surface area (Å²) in [6.45, 7) is 2.15. The van der Waals surface area contributed by atoms with E-state index in [1.807, 2.05) is 31.2 Å². The second kappa shape index (κ2) is 8.21. The number of aryl methyl sites for hydroxylation is 1. The molecule has 4 rings (SSSR count). The largest absolute Gasteiger partial charge is 0.497 e. The molecule has 2 heterocycles. The molecule has 3 aromatic rings. The van der Waals surface area contributed by atoms with E-state index in [4.69, 9.17) is 4.74 Å². The number of pyridine rings is 1. The Balaban J connectivity index is 1.74. The number of hydrogen-bond donors (Lipinski definition) is 1. The van der Waals surface area contributed by atoms with Crippen LogP contribution in [0, 0.1) is 6.92 Å². The Bertz CT molecular complexity index is 1120. The lowest BCUT2D eigenvalue weighted by Gasteiger charge is -2.15. The van der Waals surface area contributed by atoms with Crippen LogP contribution in [0.2, 0.25) is 0 Å². The van der Waals surface area contributed by atoms with Crippen molar-refractivity contribution in [3.05, 3.63) is 95.4 Å². The van der Waals surface area contributed by atoms with E-state index in [2.05, 4.69) is 10.3 Å². The average molecular weight is 399 g/mol. The predicted octanol–water partition coefficient (Wildman–Crippen LogP) is 3.79. The fourth-order valence-corrected chi connectivity index (χ4v) is 3.40. The van der Waals surface area contributed by atoms with Crippen LogP contribution < -0.4 is 10.1 Å². The number of carbonyl (C=O) groups excluding carboxylic acids is 2. The Morgan fingerprint density at radius 3 is 2.37 bits per heavy atom. The highest BCUT2D eigenvalue weighted by Gasteiger charge is 2.39. The molecule has 0 fully saturated rings. The SMILES string of the molecule is COc1ccc(C2=C(Nc3cccc(C)c3)C(=O)N(Cc3ccncc3)C2=O)cc1. The van der Waals surface area contributed by atoms with Crippen LogP contribution >= 0.6 is 0 Å². The first kappa shape index (κ1) is 19.4. The van der Waals surface area contributed by atoms with Gasteiger partial charge in [0.25, 0.3) is 11.8 Å². The number of aromatic nitrogens is 1. The fourth-order valence-electron chi connectivity index (χ4n) is 3.40. The van der Waals surface area contributed by atoms with Gasteiger partial charge in [-0.25, -0.2) is 0 Å². The van der Waals surface area contributed by atoms with Crippen molar-refractivity contribution in [2.45, 2.75) is 13.5 Å². The van der Waals surface area contributed by atoms with Gasteiger partial charge in [0, 0.05) is 18.1 Å². The molecule has 0 saturated carbocycles. The molecule has 2 aromatic carbocycles. The average Bonchev–Trinajstić information content (AvgIpc) is 2.99. The Kier molecular flexibility index (Phi) is 5.30. The molecule has 6 heteroatoms. The smallest absolute Gasteiger partial charge is 0.278 e. The summed E-state index contributed by atoms with van der Waals surface area (Å²) in [5.74, 6) is -0.0146. The van der Waals surface area contributed by atoms with E-state index in [1.165, 1.54) is 4.90 Å². The third kappa shape index (κ3) is 3.80. The molecule has 0 spiro atoms. The second-order valence-corrected chi connectivity index (χ2v) is 7.02. The van der Waals surface area contributed by atoms with Gasteiger partial charge in [0.1, 0.15) is 11.4 Å². The monoisotopic (exact) mass is 399 g/mol. The lowest BCUT2D eigenvalue weighted by molar-refractivity contribution is -0.137. The van der Waals surface area contributed by atoms with Gasteiger partial charge in [0.2, 0.25) is 0 Å². The van der Waals surface area contributed by atoms with Crippen LogP contribution in [0.1, 0.15) is 16.7 Å². The summed E-state index contributed by atoms with van der Waals surface area (Å²) < 4.78 is 5.22. The lowest BCUT2D eigenvalue weighted by Crippen LogP contribution is -2.32. The van der Waals surface area contributed by atoms with Gasteiger partial charge < -0.3 is 10.1 Å². The van der Waals surface area contributed by atoms with E-state index >= 15 is 0 Å². The standard InChI is InChI=1S/C24H21N3O3/c1-16-4-3-5-19(14-16)26-22-21(18-6-8-20(30-2)9-7-18)23(28)27(24(22)29)15-17-10-12-25-13-11-17/h3-14,26H,15H2,1-2H3. The van der Waals surface area contributed by atoms with Gasteiger partial charge >= 0.3 is 0 Å². The third-order valence-corrected chi connectivity index (χ3v) is 4.92. The van der Waals surface area contributed by atoms with Crippen LogP contribution in [0.5, 0.6) is 5.75 Å². The number of imide groups is 1. The summed E-state index contributed by atoms with van der Waals surface area (Å²) in [4.78, 5) is 31.8. The predicted molar refractivity (Wildman–Crippen MR) is 115 cm³/mol. The molecule has 1 aliphatic heterocycles. The van der Waals surface area contributed by atoms with E-state index in [9.17, 15) is 9.59 Å². The van der Waals surface area contributed by atoms with E-state index in [-0.39, 0.29) is 24.1 Å². The van der Waals surface area contributed by atoms with Gasteiger partial charge in [0.05, 0.1) is 19.2 Å². The summed E-state index contributed by atoms with van der Waals surface area (Å²) in [6.07, 6.45) is 3.29. The highest BCUT2D eigenvalue weighted by molar-refractivity contribution is 6.36. The van der Waals surface area contributed by atoms with Crippen LogP contribution in [-0.2, 0) is 16.1 Å². The second-order valence-electron chi connectivity index (χ2n) is 7.02. The molecule has 0 bridgehead atoms. The number of hydrogen-bond acceptors (Lipinski definition) is 5. The van der Waals surface area contributed by atoms with Crippen LogP contribution in [0.25, 0.3) is 5.57 Å². The Morgan fingerprint density at radius 2 is 1.70 bits per heavy atom. The van der Waals surface area contributed by atoms with E-state index in [0.29, 0.717) is 16.9 Å². The van der Waals surface area contributed by atoms with Crippen LogP contribution in [0.3, 0.4) is 0 Å². The van der Waals surface area contributed by atoms with Crippen LogP contribution in [-0.4, -0.2) is 28.8 Å². The number of rotatable bonds is 6. The number of anilines is 1. The first-order valence-corrected chi connectivity index (χ1v) is 9.54. The third-order valence-electron chi connectivity index (χ3n) is 4.92. The van der Waals surface area contributed by atoms with Crippen LogP contribution in [0.15, 0.2) is 78.8 Å². The zero-order valence-corrected chi connectivity index (χ0v) is 16.8. The van der Waals surface area contributed by atoms with Gasteiger partial charge in [-0.2, -0.15) is 0 Å². The van der Waals surface area contributed by atoms with E-state index in [0.717, 1.165) is 16.8 Å². The number of ether oxygens (including phenoxy) is 1. The van der Waals surface area contributed by atoms with Gasteiger partial charge in [0.15, 0.2) is 0 Å². The van der Waals surface area contributed by atoms with Gasteiger partial charge in [-0.15, -0.1) is 0 Å². The van der Waals surface area contributed by atoms with E-state index < -0.39 is 0 Å². The number of carbonyl (C=O) groups is 2. The topological polar surface area (TPSA) is 71.5 Å². The number of methoxy groups -OCH3 is 1. The Hall–Kier alpha value is -3.93. The first-order chi connectivity index (χ1) is 14.6. The van der Waals surface area contributed by atoms with Crippen molar-refractivity contribution in [1.82, 2.24) is 9.88 Å². The zero-order chi connectivity index (χ0) is 21.1. The fraction of sp³-hybridized carbons (Fsp3) is 0.125. The van der Waals surface area contributed by atoms with Crippen molar-refractivity contribution in [2.24, 2.45) is 0 Å². The number of nitrogens with one attached hydrogen (secondary N) is 1. The lowest BCUT2D eigenvalue weighted by atomic mass is 10.0. The molecule has 0 radical (unpaired) electrons. The molecule has 0 saturated heterocycles. The normalized spacial score (nSPS) is 13.7. The minimum absolute atomic E-state index is 0.179. The quantitative estimate of drug-likeness (QED) is 0.639. The maximum absolute atomic E-state index is 13.3. The molecule has 1 aliphatic rings. The van der Waals surface area contributed by atoms with E-state index in [1.54, 1.807) is 55.9 Å². The molecule has 150 valence electrons. The van der Waals surface area contributed by atoms with Crippen LogP contribution in [0.4, 0.5) is 5.69 Å². The van der Waals surface area contributed by atoms with Gasteiger partial charge in [-0.3, -0.25) is 19.5 Å². The van der Waals surface area contributed by atoms with Crippen molar-refractivity contribution < 1.29 is 14.3 Å². The molecule has 6 nitrogen and oxygen atoms in total. The zero-order valence-electron chi connectivity index (χ0n) is 16.8. The van der Waals surface area contributed by atoms with Crippen molar-refractivity contribution >= 4 is 23.1 Å². The van der Waals surface area contributed by atoms with Gasteiger partial charge in [-0.1, -0.05) is 24.3 Å². The number of benzene rings is 2. The Morgan fingerprint density at radius 1 is 0.967 bits per heavy atom. The highest BCUT2D eigenvalue weighted by atomic mass is 16.5. The molecular weight excluding hydrogens is 378 g/mol. The summed E-state index contributed by atoms with van der Waals surface area (Å²) in [6, 6.07) is 18.4. The summed E-state index contributed by atoms with van der Waals surface area (Å²) in [5.41, 5.74) is 3.90. The number of amides is 2. The summed E-state index contributed by atoms with van der Waals surface area (Å²) >= 11 is 0. The summed E-state index contributed by atoms with van der Waals surface area (Å²) in [7, 11) is 1.58. The minimum Gasteiger partial charge on any atom is -0.497 e. The molecule has 0 aliphatic carbocycles. The molecular formula is C24H21N3O3. The first-order valence-electron chi connectivity index (χ1n) is 9.54. The molecule has 2 amide bonds. The van der Waals surface area contributed by atoms with Crippen molar-refractivity contribution in [3.8, 4) is 5.75 Å². The van der Waals surface area contributed by atoms with Gasteiger partial charge in [-0.05, 0) is 60.0 Å². The maximum Gasteiger partial charge on any atom is 0.278 e. The Labute approximate surface area is 174 Å². The minimum atomic E-state index is -0.357. The molecule has 0 atom stereocenters. The van der Waals surface area contributed by atoms with Crippen molar-refractivity contribution in [1.29, 1.82) is 0 Å². The van der Waals surface area contributed by atoms with Crippen molar-refractivity contribution in [2.75, 3.05) is 12.4 Å². The molecule has 0 unspecified atom stereocenters. The highest BCUT2D eigenvalue weighted by Crippen LogP contribution is 2.32.